The first-order valence-corrected chi connectivity index (χ1v) is 7.01. The molecule has 0 unspecified atom stereocenters. The molecule has 4 heteroatoms. The Kier molecular flexibility index (Phi) is 2.76. The van der Waals surface area contributed by atoms with E-state index in [9.17, 15) is 5.11 Å². The second-order valence-electron chi connectivity index (χ2n) is 5.15. The van der Waals surface area contributed by atoms with E-state index in [-0.39, 0.29) is 5.75 Å². The maximum atomic E-state index is 10.1. The van der Waals surface area contributed by atoms with Crippen LogP contribution in [0.1, 0.15) is 0 Å². The summed E-state index contributed by atoms with van der Waals surface area (Å²) in [5.74, 6) is 0.870. The fraction of sp³-hybridized carbons (Fsp3) is 0.0556. The summed E-state index contributed by atoms with van der Waals surface area (Å²) in [6, 6.07) is 17.2. The Balaban J connectivity index is 1.94. The van der Waals surface area contributed by atoms with E-state index in [0.717, 1.165) is 21.9 Å². The van der Waals surface area contributed by atoms with E-state index in [1.807, 2.05) is 30.3 Å². The number of phenolic OH excluding ortho intramolecular Hbond substituents is 1. The van der Waals surface area contributed by atoms with Crippen molar-refractivity contribution in [2.24, 2.45) is 0 Å². The van der Waals surface area contributed by atoms with Crippen LogP contribution in [0.2, 0.25) is 0 Å². The number of hydrogen-bond acceptors (Lipinski definition) is 3. The van der Waals surface area contributed by atoms with Crippen LogP contribution >= 0.6 is 0 Å². The second kappa shape index (κ2) is 4.77. The molecule has 4 aromatic rings. The van der Waals surface area contributed by atoms with E-state index in [2.05, 4.69) is 16.0 Å². The van der Waals surface area contributed by atoms with Gasteiger partial charge in [-0.3, -0.25) is 0 Å². The third kappa shape index (κ3) is 1.89. The average Bonchev–Trinajstić information content (AvgIpc) is 2.93. The number of aromatic amines is 1. The van der Waals surface area contributed by atoms with Crippen molar-refractivity contribution in [2.45, 2.75) is 0 Å². The van der Waals surface area contributed by atoms with Crippen LogP contribution < -0.4 is 4.74 Å². The van der Waals surface area contributed by atoms with Gasteiger partial charge in [0.2, 0.25) is 0 Å². The summed E-state index contributed by atoms with van der Waals surface area (Å²) in [7, 11) is 1.60. The molecule has 0 bridgehead atoms. The fourth-order valence-corrected chi connectivity index (χ4v) is 2.72. The Morgan fingerprint density at radius 2 is 1.86 bits per heavy atom. The first-order valence-electron chi connectivity index (χ1n) is 7.01. The minimum absolute atomic E-state index is 0.184. The van der Waals surface area contributed by atoms with Crippen molar-refractivity contribution >= 4 is 21.9 Å². The zero-order chi connectivity index (χ0) is 15.1. The third-order valence-corrected chi connectivity index (χ3v) is 3.85. The average molecular weight is 290 g/mol. The standard InChI is InChI=1S/C18H14N2O2/c1-22-11-6-9-17(21)14(10-11)16-8-7-13-12-4-2-3-5-15(12)19-18(13)20-16/h2-10,21H,1H3,(H,19,20). The topological polar surface area (TPSA) is 58.1 Å². The molecule has 2 N–H and O–H groups in total. The van der Waals surface area contributed by atoms with Crippen molar-refractivity contribution in [1.82, 2.24) is 9.97 Å². The van der Waals surface area contributed by atoms with Gasteiger partial charge < -0.3 is 14.8 Å². The van der Waals surface area contributed by atoms with Crippen molar-refractivity contribution in [3.05, 3.63) is 54.6 Å². The number of aromatic hydroxyl groups is 1. The lowest BCUT2D eigenvalue weighted by Gasteiger charge is -2.07. The fourth-order valence-electron chi connectivity index (χ4n) is 2.72. The summed E-state index contributed by atoms with van der Waals surface area (Å²) in [4.78, 5) is 7.96. The maximum Gasteiger partial charge on any atom is 0.139 e. The summed E-state index contributed by atoms with van der Waals surface area (Å²) in [6.07, 6.45) is 0. The van der Waals surface area contributed by atoms with Crippen molar-refractivity contribution in [3.63, 3.8) is 0 Å². The number of nitrogens with zero attached hydrogens (tertiary/aromatic N) is 1. The number of ether oxygens (including phenoxy) is 1. The Bertz CT molecular complexity index is 989. The summed E-state index contributed by atoms with van der Waals surface area (Å²) >= 11 is 0. The van der Waals surface area contributed by atoms with Crippen LogP contribution in [0.25, 0.3) is 33.2 Å². The lowest BCUT2D eigenvalue weighted by molar-refractivity contribution is 0.412. The molecule has 2 aromatic heterocycles. The van der Waals surface area contributed by atoms with Crippen LogP contribution in [-0.2, 0) is 0 Å². The Morgan fingerprint density at radius 1 is 1.00 bits per heavy atom. The van der Waals surface area contributed by atoms with E-state index in [1.165, 1.54) is 0 Å². The maximum absolute atomic E-state index is 10.1. The Labute approximate surface area is 127 Å². The highest BCUT2D eigenvalue weighted by Gasteiger charge is 2.10. The third-order valence-electron chi connectivity index (χ3n) is 3.85. The molecule has 0 aliphatic heterocycles. The van der Waals surface area contributed by atoms with E-state index >= 15 is 0 Å². The van der Waals surface area contributed by atoms with Crippen LogP contribution in [0, 0.1) is 0 Å². The van der Waals surface area contributed by atoms with E-state index in [1.54, 1.807) is 25.3 Å². The number of benzene rings is 2. The number of rotatable bonds is 2. The normalized spacial score (nSPS) is 11.1. The quantitative estimate of drug-likeness (QED) is 0.584. The first kappa shape index (κ1) is 12.7. The van der Waals surface area contributed by atoms with Gasteiger partial charge >= 0.3 is 0 Å². The van der Waals surface area contributed by atoms with Gasteiger partial charge in [0.05, 0.1) is 12.8 Å². The molecule has 0 aliphatic carbocycles. The molecule has 0 atom stereocenters. The smallest absolute Gasteiger partial charge is 0.139 e. The van der Waals surface area contributed by atoms with E-state index < -0.39 is 0 Å². The number of aromatic nitrogens is 2. The lowest BCUT2D eigenvalue weighted by atomic mass is 10.1. The molecule has 0 amide bonds. The van der Waals surface area contributed by atoms with Gasteiger partial charge in [0, 0.05) is 21.9 Å². The van der Waals surface area contributed by atoms with Gasteiger partial charge in [-0.2, -0.15) is 0 Å². The van der Waals surface area contributed by atoms with Crippen LogP contribution in [0.4, 0.5) is 0 Å². The Morgan fingerprint density at radius 3 is 2.73 bits per heavy atom. The molecule has 2 heterocycles. The monoisotopic (exact) mass is 290 g/mol. The molecule has 0 saturated heterocycles. The van der Waals surface area contributed by atoms with E-state index in [4.69, 9.17) is 4.74 Å². The van der Waals surface area contributed by atoms with Gasteiger partial charge in [-0.1, -0.05) is 18.2 Å². The molecule has 0 saturated carbocycles. The number of fused-ring (bicyclic) bond motifs is 3. The number of methoxy groups -OCH3 is 1. The zero-order valence-corrected chi connectivity index (χ0v) is 12.0. The van der Waals surface area contributed by atoms with Crippen molar-refractivity contribution < 1.29 is 9.84 Å². The van der Waals surface area contributed by atoms with Crippen molar-refractivity contribution in [2.75, 3.05) is 7.11 Å². The number of H-pyrrole nitrogens is 1. The SMILES string of the molecule is COc1ccc(O)c(-c2ccc3c(n2)[nH]c2ccccc23)c1. The lowest BCUT2D eigenvalue weighted by Crippen LogP contribution is -1.88. The summed E-state index contributed by atoms with van der Waals surface area (Å²) in [5.41, 5.74) is 3.22. The predicted octanol–water partition coefficient (Wildman–Crippen LogP) is 4.10. The van der Waals surface area contributed by atoms with Crippen molar-refractivity contribution in [3.8, 4) is 22.8 Å². The molecule has 108 valence electrons. The number of nitrogens with one attached hydrogen (secondary N) is 1. The van der Waals surface area contributed by atoms with Gasteiger partial charge in [0.1, 0.15) is 17.1 Å². The Hall–Kier alpha value is -3.01. The number of hydrogen-bond donors (Lipinski definition) is 2. The molecule has 0 spiro atoms. The van der Waals surface area contributed by atoms with Gasteiger partial charge in [-0.15, -0.1) is 0 Å². The molecular weight excluding hydrogens is 276 g/mol. The highest BCUT2D eigenvalue weighted by atomic mass is 16.5. The number of phenols is 1. The van der Waals surface area contributed by atoms with E-state index in [0.29, 0.717) is 17.0 Å². The first-order chi connectivity index (χ1) is 10.8. The molecular formula is C18H14N2O2. The van der Waals surface area contributed by atoms with Crippen LogP contribution in [0.15, 0.2) is 54.6 Å². The van der Waals surface area contributed by atoms with Gasteiger partial charge in [0.25, 0.3) is 0 Å². The van der Waals surface area contributed by atoms with Crippen LogP contribution in [-0.4, -0.2) is 22.2 Å². The summed E-state index contributed by atoms with van der Waals surface area (Å²) in [5, 5.41) is 12.3. The molecule has 2 aromatic carbocycles. The molecule has 0 aliphatic rings. The van der Waals surface area contributed by atoms with Crippen molar-refractivity contribution in [1.29, 1.82) is 0 Å². The van der Waals surface area contributed by atoms with Crippen LogP contribution in [0.3, 0.4) is 0 Å². The van der Waals surface area contributed by atoms with Gasteiger partial charge in [-0.25, -0.2) is 4.98 Å². The minimum atomic E-state index is 0.184. The zero-order valence-electron chi connectivity index (χ0n) is 12.0. The highest BCUT2D eigenvalue weighted by molar-refractivity contribution is 6.06. The van der Waals surface area contributed by atoms with Crippen LogP contribution in [0.5, 0.6) is 11.5 Å². The summed E-state index contributed by atoms with van der Waals surface area (Å²) < 4.78 is 5.22. The van der Waals surface area contributed by atoms with Gasteiger partial charge in [0.15, 0.2) is 0 Å². The highest BCUT2D eigenvalue weighted by Crippen LogP contribution is 2.33. The molecule has 4 rings (SSSR count). The van der Waals surface area contributed by atoms with Gasteiger partial charge in [-0.05, 0) is 36.4 Å². The minimum Gasteiger partial charge on any atom is -0.507 e. The molecule has 0 radical (unpaired) electrons. The largest absolute Gasteiger partial charge is 0.507 e. The molecule has 4 nitrogen and oxygen atoms in total. The number of pyridine rings is 1. The molecule has 0 fully saturated rings. The second-order valence-corrected chi connectivity index (χ2v) is 5.15. The molecule has 22 heavy (non-hydrogen) atoms. The predicted molar refractivity (Wildman–Crippen MR) is 87.3 cm³/mol. The number of para-hydroxylation sites is 1. The summed E-state index contributed by atoms with van der Waals surface area (Å²) in [6.45, 7) is 0.